The average Bonchev–Trinajstić information content (AvgIpc) is 2.76. The van der Waals surface area contributed by atoms with Gasteiger partial charge in [0.2, 0.25) is 11.8 Å². The second kappa shape index (κ2) is 11.9. The van der Waals surface area contributed by atoms with Gasteiger partial charge in [-0.15, -0.1) is 0 Å². The number of carbonyl (C=O) groups excluding carboxylic acids is 2. The standard InChI is InChI=1S/C10H18O4.C4H5NO2/c11-9(12)7-5-3-1-2-4-6-8-10(13)14;6-3-1-2-4(7)5-3/h1-8H2,(H,11,12)(H,13,14);1-2H2,(H,5,6,7). The number of nitrogens with one attached hydrogen (secondary N) is 1. The lowest BCUT2D eigenvalue weighted by Crippen LogP contribution is -2.18. The Hall–Kier alpha value is -1.92. The lowest BCUT2D eigenvalue weighted by atomic mass is 10.1. The van der Waals surface area contributed by atoms with Gasteiger partial charge in [0.05, 0.1) is 0 Å². The topological polar surface area (TPSA) is 121 Å². The van der Waals surface area contributed by atoms with E-state index in [2.05, 4.69) is 5.32 Å². The van der Waals surface area contributed by atoms with Gasteiger partial charge in [0.1, 0.15) is 0 Å². The number of carbonyl (C=O) groups is 4. The van der Waals surface area contributed by atoms with E-state index in [1.165, 1.54) is 0 Å². The number of unbranched alkanes of at least 4 members (excludes halogenated alkanes) is 5. The molecule has 0 radical (unpaired) electrons. The minimum Gasteiger partial charge on any atom is -0.481 e. The molecule has 0 aromatic heterocycles. The maximum absolute atomic E-state index is 10.1. The van der Waals surface area contributed by atoms with Crippen LogP contribution in [0.3, 0.4) is 0 Å². The number of carboxylic acid groups (broad SMARTS) is 2. The number of rotatable bonds is 9. The summed E-state index contributed by atoms with van der Waals surface area (Å²) in [6, 6.07) is 0. The molecule has 0 aliphatic carbocycles. The lowest BCUT2D eigenvalue weighted by Gasteiger charge is -1.98. The van der Waals surface area contributed by atoms with Gasteiger partial charge in [0.15, 0.2) is 0 Å². The van der Waals surface area contributed by atoms with Crippen molar-refractivity contribution >= 4 is 23.8 Å². The number of carboxylic acids is 2. The van der Waals surface area contributed by atoms with Gasteiger partial charge in [-0.3, -0.25) is 24.5 Å². The Labute approximate surface area is 123 Å². The minimum absolute atomic E-state index is 0.148. The predicted octanol–water partition coefficient (Wildman–Crippen LogP) is 1.70. The summed E-state index contributed by atoms with van der Waals surface area (Å²) in [5, 5.41) is 18.8. The molecule has 0 spiro atoms. The molecular weight excluding hydrogens is 278 g/mol. The summed E-state index contributed by atoms with van der Waals surface area (Å²) in [5.74, 6) is -1.78. The molecule has 0 unspecified atom stereocenters. The van der Waals surface area contributed by atoms with Crippen LogP contribution in [0.4, 0.5) is 0 Å². The molecule has 21 heavy (non-hydrogen) atoms. The molecule has 1 heterocycles. The maximum Gasteiger partial charge on any atom is 0.303 e. The maximum atomic E-state index is 10.1. The van der Waals surface area contributed by atoms with Crippen LogP contribution < -0.4 is 5.32 Å². The summed E-state index contributed by atoms with van der Waals surface area (Å²) >= 11 is 0. The van der Waals surface area contributed by atoms with Crippen molar-refractivity contribution in [1.82, 2.24) is 5.32 Å². The molecule has 7 nitrogen and oxygen atoms in total. The van der Waals surface area contributed by atoms with Gasteiger partial charge in [0, 0.05) is 25.7 Å². The lowest BCUT2D eigenvalue weighted by molar-refractivity contribution is -0.138. The van der Waals surface area contributed by atoms with Gasteiger partial charge in [-0.2, -0.15) is 0 Å². The molecule has 0 saturated carbocycles. The van der Waals surface area contributed by atoms with Crippen molar-refractivity contribution in [2.75, 3.05) is 0 Å². The number of hydrogen-bond acceptors (Lipinski definition) is 4. The van der Waals surface area contributed by atoms with E-state index < -0.39 is 11.9 Å². The number of aliphatic carboxylic acids is 2. The van der Waals surface area contributed by atoms with Gasteiger partial charge in [-0.05, 0) is 12.8 Å². The second-order valence-electron chi connectivity index (χ2n) is 4.88. The molecule has 3 N–H and O–H groups in total. The third kappa shape index (κ3) is 14.3. The summed E-state index contributed by atoms with van der Waals surface area (Å²) < 4.78 is 0. The Morgan fingerprint density at radius 1 is 0.762 bits per heavy atom. The van der Waals surface area contributed by atoms with Gasteiger partial charge in [-0.1, -0.05) is 25.7 Å². The number of amides is 2. The van der Waals surface area contributed by atoms with E-state index in [4.69, 9.17) is 10.2 Å². The van der Waals surface area contributed by atoms with Crippen LogP contribution in [0.2, 0.25) is 0 Å². The molecule has 1 aliphatic heterocycles. The SMILES string of the molecule is O=C(O)CCCCCCCCC(=O)O.O=C1CCC(=O)N1. The quantitative estimate of drug-likeness (QED) is 0.440. The first-order chi connectivity index (χ1) is 9.91. The van der Waals surface area contributed by atoms with E-state index in [0.29, 0.717) is 12.8 Å². The van der Waals surface area contributed by atoms with Crippen molar-refractivity contribution in [2.45, 2.75) is 64.2 Å². The van der Waals surface area contributed by atoms with Crippen LogP contribution in [0.15, 0.2) is 0 Å². The minimum atomic E-state index is -0.740. The molecule has 1 saturated heterocycles. The van der Waals surface area contributed by atoms with E-state index >= 15 is 0 Å². The first-order valence-corrected chi connectivity index (χ1v) is 7.18. The van der Waals surface area contributed by atoms with E-state index in [-0.39, 0.29) is 24.7 Å². The second-order valence-corrected chi connectivity index (χ2v) is 4.88. The highest BCUT2D eigenvalue weighted by Crippen LogP contribution is 2.08. The first kappa shape index (κ1) is 19.1. The fourth-order valence-electron chi connectivity index (χ4n) is 1.77. The Morgan fingerprint density at radius 2 is 1.10 bits per heavy atom. The monoisotopic (exact) mass is 301 g/mol. The van der Waals surface area contributed by atoms with Gasteiger partial charge < -0.3 is 10.2 Å². The van der Waals surface area contributed by atoms with Crippen LogP contribution in [0, 0.1) is 0 Å². The van der Waals surface area contributed by atoms with Crippen LogP contribution in [0.1, 0.15) is 64.2 Å². The van der Waals surface area contributed by atoms with E-state index in [1.54, 1.807) is 0 Å². The highest BCUT2D eigenvalue weighted by Gasteiger charge is 2.15. The van der Waals surface area contributed by atoms with Crippen molar-refractivity contribution in [3.63, 3.8) is 0 Å². The Morgan fingerprint density at radius 3 is 1.33 bits per heavy atom. The van der Waals surface area contributed by atoms with Crippen molar-refractivity contribution in [3.05, 3.63) is 0 Å². The zero-order valence-corrected chi connectivity index (χ0v) is 12.1. The van der Waals surface area contributed by atoms with Crippen molar-refractivity contribution < 1.29 is 29.4 Å². The molecule has 1 rings (SSSR count). The van der Waals surface area contributed by atoms with Crippen LogP contribution >= 0.6 is 0 Å². The van der Waals surface area contributed by atoms with Crippen LogP contribution in [-0.2, 0) is 19.2 Å². The van der Waals surface area contributed by atoms with E-state index in [0.717, 1.165) is 38.5 Å². The number of hydrogen-bond donors (Lipinski definition) is 3. The Bertz CT molecular complexity index is 332. The molecular formula is C14H23NO6. The molecule has 120 valence electrons. The Balaban J connectivity index is 0.000000471. The van der Waals surface area contributed by atoms with Gasteiger partial charge in [-0.25, -0.2) is 0 Å². The zero-order valence-electron chi connectivity index (χ0n) is 12.1. The van der Waals surface area contributed by atoms with Crippen molar-refractivity contribution in [1.29, 1.82) is 0 Å². The summed E-state index contributed by atoms with van der Waals surface area (Å²) in [4.78, 5) is 40.5. The summed E-state index contributed by atoms with van der Waals surface area (Å²) in [5.41, 5.74) is 0. The number of imide groups is 1. The summed E-state index contributed by atoms with van der Waals surface area (Å²) in [6.07, 6.45) is 6.57. The highest BCUT2D eigenvalue weighted by atomic mass is 16.4. The van der Waals surface area contributed by atoms with Crippen LogP contribution in [0.25, 0.3) is 0 Å². The molecule has 2 amide bonds. The fourth-order valence-corrected chi connectivity index (χ4v) is 1.77. The smallest absolute Gasteiger partial charge is 0.303 e. The van der Waals surface area contributed by atoms with Gasteiger partial charge >= 0.3 is 11.9 Å². The van der Waals surface area contributed by atoms with E-state index in [1.807, 2.05) is 0 Å². The normalized spacial score (nSPS) is 13.3. The molecule has 0 aromatic carbocycles. The third-order valence-electron chi connectivity index (χ3n) is 2.89. The molecule has 0 atom stereocenters. The summed E-state index contributed by atoms with van der Waals surface area (Å²) in [7, 11) is 0. The predicted molar refractivity (Wildman–Crippen MR) is 74.6 cm³/mol. The first-order valence-electron chi connectivity index (χ1n) is 7.18. The molecule has 1 aliphatic rings. The molecule has 0 aromatic rings. The average molecular weight is 301 g/mol. The highest BCUT2D eigenvalue weighted by molar-refractivity contribution is 6.01. The molecule has 7 heteroatoms. The van der Waals surface area contributed by atoms with E-state index in [9.17, 15) is 19.2 Å². The van der Waals surface area contributed by atoms with Crippen molar-refractivity contribution in [3.8, 4) is 0 Å². The largest absolute Gasteiger partial charge is 0.481 e. The van der Waals surface area contributed by atoms with Gasteiger partial charge in [0.25, 0.3) is 0 Å². The van der Waals surface area contributed by atoms with Crippen LogP contribution in [-0.4, -0.2) is 34.0 Å². The zero-order chi connectivity index (χ0) is 16.1. The van der Waals surface area contributed by atoms with Crippen molar-refractivity contribution in [2.24, 2.45) is 0 Å². The third-order valence-corrected chi connectivity index (χ3v) is 2.89. The summed E-state index contributed by atoms with van der Waals surface area (Å²) in [6.45, 7) is 0. The Kier molecular flexibility index (Phi) is 10.8. The van der Waals surface area contributed by atoms with Crippen LogP contribution in [0.5, 0.6) is 0 Å². The fraction of sp³-hybridized carbons (Fsp3) is 0.714. The molecule has 0 bridgehead atoms. The molecule has 1 fully saturated rings.